The van der Waals surface area contributed by atoms with E-state index in [9.17, 15) is 4.79 Å². The van der Waals surface area contributed by atoms with E-state index in [1.807, 2.05) is 6.92 Å². The third-order valence-electron chi connectivity index (χ3n) is 2.55. The van der Waals surface area contributed by atoms with Gasteiger partial charge in [-0.2, -0.15) is 0 Å². The van der Waals surface area contributed by atoms with Gasteiger partial charge in [-0.05, 0) is 12.5 Å². The largest absolute Gasteiger partial charge is 0.395 e. The summed E-state index contributed by atoms with van der Waals surface area (Å²) < 4.78 is 0. The van der Waals surface area contributed by atoms with Crippen LogP contribution in [0.25, 0.3) is 0 Å². The van der Waals surface area contributed by atoms with Crippen molar-refractivity contribution < 1.29 is 9.90 Å². The molecule has 0 unspecified atom stereocenters. The van der Waals surface area contributed by atoms with E-state index in [2.05, 4.69) is 4.98 Å². The van der Waals surface area contributed by atoms with Crippen molar-refractivity contribution in [3.05, 3.63) is 22.8 Å². The lowest BCUT2D eigenvalue weighted by molar-refractivity contribution is 0.0719. The quantitative estimate of drug-likeness (QED) is 0.823. The molecule has 18 heavy (non-hydrogen) atoms. The molecule has 0 saturated carbocycles. The maximum absolute atomic E-state index is 12.3. The predicted molar refractivity (Wildman–Crippen MR) is 71.6 cm³/mol. The van der Waals surface area contributed by atoms with E-state index in [0.29, 0.717) is 12.1 Å². The summed E-state index contributed by atoms with van der Waals surface area (Å²) >= 11 is 5.94. The fourth-order valence-corrected chi connectivity index (χ4v) is 1.76. The van der Waals surface area contributed by atoms with Gasteiger partial charge in [-0.25, -0.2) is 4.98 Å². The lowest BCUT2D eigenvalue weighted by Gasteiger charge is -2.22. The zero-order valence-corrected chi connectivity index (χ0v) is 11.2. The van der Waals surface area contributed by atoms with Crippen molar-refractivity contribution in [1.82, 2.24) is 9.88 Å². The van der Waals surface area contributed by atoms with Crippen molar-refractivity contribution in [2.45, 2.75) is 19.8 Å². The van der Waals surface area contributed by atoms with E-state index in [0.717, 1.165) is 12.8 Å². The molecule has 0 radical (unpaired) electrons. The van der Waals surface area contributed by atoms with Crippen LogP contribution in [0.3, 0.4) is 0 Å². The Balaban J connectivity index is 2.90. The highest BCUT2D eigenvalue weighted by Crippen LogP contribution is 2.18. The average Bonchev–Trinajstić information content (AvgIpc) is 2.36. The number of pyridine rings is 1. The van der Waals surface area contributed by atoms with Crippen LogP contribution in [0.5, 0.6) is 0 Å². The molecule has 0 spiro atoms. The van der Waals surface area contributed by atoms with Crippen LogP contribution in [-0.2, 0) is 0 Å². The number of amides is 1. The van der Waals surface area contributed by atoms with Gasteiger partial charge >= 0.3 is 0 Å². The monoisotopic (exact) mass is 271 g/mol. The van der Waals surface area contributed by atoms with E-state index in [1.165, 1.54) is 12.3 Å². The van der Waals surface area contributed by atoms with Crippen LogP contribution >= 0.6 is 11.6 Å². The second-order valence-electron chi connectivity index (χ2n) is 3.96. The number of carbonyl (C=O) groups is 1. The molecule has 0 fully saturated rings. The molecule has 1 aromatic heterocycles. The summed E-state index contributed by atoms with van der Waals surface area (Å²) in [5, 5.41) is 9.26. The number of aromatic nitrogens is 1. The lowest BCUT2D eigenvalue weighted by Crippen LogP contribution is -2.34. The molecule has 5 nitrogen and oxygen atoms in total. The summed E-state index contributed by atoms with van der Waals surface area (Å²) in [4.78, 5) is 17.6. The number of aliphatic hydroxyl groups excluding tert-OH is 1. The van der Waals surface area contributed by atoms with Gasteiger partial charge in [0.1, 0.15) is 5.82 Å². The number of halogens is 1. The normalized spacial score (nSPS) is 10.4. The first kappa shape index (κ1) is 14.7. The first-order valence-electron chi connectivity index (χ1n) is 5.91. The molecule has 100 valence electrons. The maximum Gasteiger partial charge on any atom is 0.255 e. The molecule has 0 aliphatic carbocycles. The van der Waals surface area contributed by atoms with Gasteiger partial charge < -0.3 is 15.7 Å². The number of unbranched alkanes of at least 4 members (excludes halogenated alkanes) is 1. The molecule has 0 atom stereocenters. The minimum Gasteiger partial charge on any atom is -0.395 e. The number of aliphatic hydroxyl groups is 1. The first-order chi connectivity index (χ1) is 8.60. The number of nitrogens with two attached hydrogens (primary N) is 1. The fraction of sp³-hybridized carbons (Fsp3) is 0.500. The Morgan fingerprint density at radius 2 is 2.28 bits per heavy atom. The predicted octanol–water partition coefficient (Wildman–Crippen LogP) is 1.55. The van der Waals surface area contributed by atoms with E-state index in [4.69, 9.17) is 22.4 Å². The second-order valence-corrected chi connectivity index (χ2v) is 4.37. The average molecular weight is 272 g/mol. The van der Waals surface area contributed by atoms with Crippen LogP contribution in [-0.4, -0.2) is 40.6 Å². The summed E-state index contributed by atoms with van der Waals surface area (Å²) in [6.07, 6.45) is 3.21. The van der Waals surface area contributed by atoms with Crippen LogP contribution < -0.4 is 5.73 Å². The highest BCUT2D eigenvalue weighted by Gasteiger charge is 2.18. The van der Waals surface area contributed by atoms with Crippen LogP contribution in [0.1, 0.15) is 30.1 Å². The molecule has 0 saturated heterocycles. The van der Waals surface area contributed by atoms with Gasteiger partial charge in [-0.15, -0.1) is 0 Å². The molecule has 3 N–H and O–H groups in total. The van der Waals surface area contributed by atoms with Gasteiger partial charge in [0.2, 0.25) is 0 Å². The molecular formula is C12H18ClN3O2. The van der Waals surface area contributed by atoms with E-state index in [-0.39, 0.29) is 29.9 Å². The number of carbonyl (C=O) groups excluding carboxylic acids is 1. The third-order valence-corrected chi connectivity index (χ3v) is 2.85. The van der Waals surface area contributed by atoms with Crippen molar-refractivity contribution in [2.75, 3.05) is 25.4 Å². The molecule has 1 aromatic rings. The Morgan fingerprint density at radius 1 is 1.56 bits per heavy atom. The zero-order valence-electron chi connectivity index (χ0n) is 10.4. The number of nitrogens with zero attached hydrogens (tertiary/aromatic N) is 2. The van der Waals surface area contributed by atoms with Crippen LogP contribution in [0.4, 0.5) is 5.82 Å². The van der Waals surface area contributed by atoms with Gasteiger partial charge in [-0.3, -0.25) is 4.79 Å². The Labute approximate surface area is 112 Å². The lowest BCUT2D eigenvalue weighted by atomic mass is 10.2. The Kier molecular flexibility index (Phi) is 5.88. The summed E-state index contributed by atoms with van der Waals surface area (Å²) in [6, 6.07) is 1.46. The van der Waals surface area contributed by atoms with Crippen molar-refractivity contribution in [1.29, 1.82) is 0 Å². The molecule has 1 amide bonds. The van der Waals surface area contributed by atoms with Crippen LogP contribution in [0, 0.1) is 0 Å². The summed E-state index contributed by atoms with van der Waals surface area (Å²) in [5.74, 6) is 0.0267. The second kappa shape index (κ2) is 7.18. The van der Waals surface area contributed by atoms with Gasteiger partial charge in [0.25, 0.3) is 5.91 Å². The minimum absolute atomic E-state index is 0.0758. The molecule has 0 aliphatic rings. The van der Waals surface area contributed by atoms with Gasteiger partial charge in [0, 0.05) is 19.3 Å². The smallest absolute Gasteiger partial charge is 0.255 e. The minimum atomic E-state index is -0.225. The van der Waals surface area contributed by atoms with Crippen molar-refractivity contribution >= 4 is 23.3 Å². The van der Waals surface area contributed by atoms with Gasteiger partial charge in [0.15, 0.2) is 0 Å². The molecule has 1 heterocycles. The number of hydrogen-bond donors (Lipinski definition) is 2. The molecule has 0 aromatic carbocycles. The van der Waals surface area contributed by atoms with Crippen molar-refractivity contribution in [3.8, 4) is 0 Å². The number of nitrogen functional groups attached to an aromatic ring is 1. The summed E-state index contributed by atoms with van der Waals surface area (Å²) in [6.45, 7) is 2.85. The van der Waals surface area contributed by atoms with E-state index < -0.39 is 0 Å². The Bertz CT molecular complexity index is 412. The fourth-order valence-electron chi connectivity index (χ4n) is 1.57. The van der Waals surface area contributed by atoms with Gasteiger partial charge in [0.05, 0.1) is 17.2 Å². The number of hydrogen-bond acceptors (Lipinski definition) is 4. The van der Waals surface area contributed by atoms with Crippen LogP contribution in [0.15, 0.2) is 12.3 Å². The van der Waals surface area contributed by atoms with Gasteiger partial charge in [-0.1, -0.05) is 24.9 Å². The topological polar surface area (TPSA) is 79.5 Å². The summed E-state index contributed by atoms with van der Waals surface area (Å²) in [5.41, 5.74) is 5.88. The molecule has 0 aliphatic heterocycles. The Morgan fingerprint density at radius 3 is 2.89 bits per heavy atom. The maximum atomic E-state index is 12.3. The molecule has 1 rings (SSSR count). The van der Waals surface area contributed by atoms with Crippen molar-refractivity contribution in [3.63, 3.8) is 0 Å². The SMILES string of the molecule is CCCCN(CCO)C(=O)c1cc(N)ncc1Cl. The standard InChI is InChI=1S/C12H18ClN3O2/c1-2-3-4-16(5-6-17)12(18)9-7-11(14)15-8-10(9)13/h7-8,17H,2-6H2,1H3,(H2,14,15). The molecule has 0 bridgehead atoms. The molecular weight excluding hydrogens is 254 g/mol. The summed E-state index contributed by atoms with van der Waals surface area (Å²) in [7, 11) is 0. The zero-order chi connectivity index (χ0) is 13.5. The van der Waals surface area contributed by atoms with E-state index in [1.54, 1.807) is 4.90 Å². The number of rotatable bonds is 6. The van der Waals surface area contributed by atoms with Crippen molar-refractivity contribution in [2.24, 2.45) is 0 Å². The highest BCUT2D eigenvalue weighted by atomic mass is 35.5. The molecule has 6 heteroatoms. The Hall–Kier alpha value is -1.33. The third kappa shape index (κ3) is 3.85. The highest BCUT2D eigenvalue weighted by molar-refractivity contribution is 6.33. The number of anilines is 1. The first-order valence-corrected chi connectivity index (χ1v) is 6.29. The van der Waals surface area contributed by atoms with E-state index >= 15 is 0 Å². The van der Waals surface area contributed by atoms with Crippen LogP contribution in [0.2, 0.25) is 5.02 Å².